The van der Waals surface area contributed by atoms with Crippen molar-refractivity contribution in [1.29, 1.82) is 0 Å². The predicted molar refractivity (Wildman–Crippen MR) is 193 cm³/mol. The molecule has 0 aliphatic heterocycles. The summed E-state index contributed by atoms with van der Waals surface area (Å²) in [4.78, 5) is 24.1. The highest BCUT2D eigenvalue weighted by atomic mass is 28.4. The van der Waals surface area contributed by atoms with Gasteiger partial charge >= 0.3 is 11.9 Å². The molecule has 0 aliphatic carbocycles. The van der Waals surface area contributed by atoms with Crippen LogP contribution in [-0.4, -0.2) is 77.4 Å². The molecular formula is C36H66O9Si2. The van der Waals surface area contributed by atoms with Gasteiger partial charge in [-0.25, -0.2) is 0 Å². The van der Waals surface area contributed by atoms with Gasteiger partial charge in [-0.15, -0.1) is 0 Å². The van der Waals surface area contributed by atoms with Crippen LogP contribution < -0.4 is 4.74 Å². The molecule has 0 radical (unpaired) electrons. The largest absolute Gasteiger partial charge is 0.497 e. The Balaban J connectivity index is 3.85. The van der Waals surface area contributed by atoms with Gasteiger partial charge in [0.1, 0.15) is 17.5 Å². The highest BCUT2D eigenvalue weighted by molar-refractivity contribution is 6.74. The number of carbonyl (C=O) groups excluding carboxylic acids is 2. The van der Waals surface area contributed by atoms with Crippen molar-refractivity contribution in [2.24, 2.45) is 11.8 Å². The van der Waals surface area contributed by atoms with Crippen LogP contribution >= 0.6 is 0 Å². The molecule has 0 fully saturated rings. The quantitative estimate of drug-likeness (QED) is 0.128. The molecule has 0 unspecified atom stereocenters. The van der Waals surface area contributed by atoms with E-state index in [9.17, 15) is 14.7 Å². The van der Waals surface area contributed by atoms with Gasteiger partial charge in [0.15, 0.2) is 16.6 Å². The molecule has 0 saturated heterocycles. The van der Waals surface area contributed by atoms with Crippen LogP contribution in [0.1, 0.15) is 88.6 Å². The van der Waals surface area contributed by atoms with E-state index in [0.717, 1.165) is 11.3 Å². The van der Waals surface area contributed by atoms with E-state index in [4.69, 9.17) is 27.8 Å². The minimum Gasteiger partial charge on any atom is -0.497 e. The topological polar surface area (TPSA) is 110 Å². The fourth-order valence-corrected chi connectivity index (χ4v) is 8.09. The second kappa shape index (κ2) is 16.8. The van der Waals surface area contributed by atoms with Crippen molar-refractivity contribution in [3.63, 3.8) is 0 Å². The van der Waals surface area contributed by atoms with E-state index in [2.05, 4.69) is 67.7 Å². The van der Waals surface area contributed by atoms with Crippen LogP contribution in [0.3, 0.4) is 0 Å². The zero-order chi connectivity index (χ0) is 36.8. The van der Waals surface area contributed by atoms with Crippen LogP contribution in [-0.2, 0) is 39.3 Å². The van der Waals surface area contributed by atoms with Crippen LogP contribution in [0.15, 0.2) is 24.3 Å². The lowest BCUT2D eigenvalue weighted by Crippen LogP contribution is -2.65. The molecule has 9 nitrogen and oxygen atoms in total. The van der Waals surface area contributed by atoms with Crippen molar-refractivity contribution in [3.8, 4) is 5.75 Å². The van der Waals surface area contributed by atoms with E-state index in [-0.39, 0.29) is 29.2 Å². The van der Waals surface area contributed by atoms with E-state index < -0.39 is 64.5 Å². The number of carbonyl (C=O) groups is 2. The summed E-state index contributed by atoms with van der Waals surface area (Å²) in [5, 5.41) is 12.6. The Morgan fingerprint density at radius 3 is 1.66 bits per heavy atom. The number of rotatable bonds is 17. The van der Waals surface area contributed by atoms with E-state index in [1.807, 2.05) is 45.0 Å². The lowest BCUT2D eigenvalue weighted by Gasteiger charge is -2.52. The molecule has 272 valence electrons. The molecule has 0 amide bonds. The third kappa shape index (κ3) is 12.3. The molecule has 11 heteroatoms. The van der Waals surface area contributed by atoms with Crippen molar-refractivity contribution >= 4 is 28.6 Å². The molecule has 0 heterocycles. The van der Waals surface area contributed by atoms with Crippen LogP contribution in [0.4, 0.5) is 0 Å². The molecule has 1 N–H and O–H groups in total. The fraction of sp³-hybridized carbons (Fsp3) is 0.778. The van der Waals surface area contributed by atoms with Gasteiger partial charge in [-0.1, -0.05) is 67.5 Å². The number of ether oxygens (including phenoxy) is 4. The Labute approximate surface area is 287 Å². The zero-order valence-corrected chi connectivity index (χ0v) is 34.4. The third-order valence-electron chi connectivity index (χ3n) is 10.1. The van der Waals surface area contributed by atoms with Gasteiger partial charge in [0, 0.05) is 25.7 Å². The van der Waals surface area contributed by atoms with Gasteiger partial charge < -0.3 is 32.9 Å². The summed E-state index contributed by atoms with van der Waals surface area (Å²) in [5.41, 5.74) is -0.664. The van der Waals surface area contributed by atoms with Gasteiger partial charge in [-0.3, -0.25) is 9.59 Å². The van der Waals surface area contributed by atoms with Gasteiger partial charge in [-0.05, 0) is 67.8 Å². The SMILES string of the molecule is COc1ccc(CO[C@@H]([C@H](C)[C@@H](O[Si](C)(C)C(C)(C)C)[C@](C)(O)[C@@H](O[Si](C)(C)C(C)(C)C)[C@@H](C)COC(C)=O)[C@H](C)OC(C)=O)cc1. The molecular weight excluding hydrogens is 633 g/mol. The predicted octanol–water partition coefficient (Wildman–Crippen LogP) is 7.90. The maximum absolute atomic E-state index is 12.9. The molecule has 7 atom stereocenters. The number of hydrogen-bond acceptors (Lipinski definition) is 9. The Morgan fingerprint density at radius 1 is 0.787 bits per heavy atom. The second-order valence-electron chi connectivity index (χ2n) is 16.4. The van der Waals surface area contributed by atoms with Gasteiger partial charge in [0.2, 0.25) is 0 Å². The lowest BCUT2D eigenvalue weighted by molar-refractivity contribution is -0.190. The normalized spacial score (nSPS) is 18.3. The summed E-state index contributed by atoms with van der Waals surface area (Å²) in [6.07, 6.45) is -2.87. The average molecular weight is 699 g/mol. The van der Waals surface area contributed by atoms with Crippen LogP contribution in [0, 0.1) is 11.8 Å². The highest BCUT2D eigenvalue weighted by Crippen LogP contribution is 2.45. The fourth-order valence-electron chi connectivity index (χ4n) is 5.19. The molecule has 1 aromatic rings. The highest BCUT2D eigenvalue weighted by Gasteiger charge is 2.54. The van der Waals surface area contributed by atoms with Crippen molar-refractivity contribution in [3.05, 3.63) is 29.8 Å². The Kier molecular flexibility index (Phi) is 15.4. The summed E-state index contributed by atoms with van der Waals surface area (Å²) < 4.78 is 37.3. The minimum absolute atomic E-state index is 0.0766. The average Bonchev–Trinajstić information content (AvgIpc) is 2.91. The molecule has 0 saturated carbocycles. The van der Waals surface area contributed by atoms with Crippen molar-refractivity contribution in [1.82, 2.24) is 0 Å². The van der Waals surface area contributed by atoms with Gasteiger partial charge in [0.05, 0.1) is 38.6 Å². The monoisotopic (exact) mass is 698 g/mol. The minimum atomic E-state index is -2.53. The molecule has 0 spiro atoms. The maximum atomic E-state index is 12.9. The maximum Gasteiger partial charge on any atom is 0.302 e. The zero-order valence-electron chi connectivity index (χ0n) is 32.4. The van der Waals surface area contributed by atoms with Crippen LogP contribution in [0.25, 0.3) is 0 Å². The van der Waals surface area contributed by atoms with Crippen LogP contribution in [0.2, 0.25) is 36.3 Å². The van der Waals surface area contributed by atoms with Gasteiger partial charge in [0.25, 0.3) is 0 Å². The van der Waals surface area contributed by atoms with Crippen LogP contribution in [0.5, 0.6) is 5.75 Å². The van der Waals surface area contributed by atoms with Crippen molar-refractivity contribution in [2.45, 2.75) is 156 Å². The Morgan fingerprint density at radius 2 is 1.26 bits per heavy atom. The lowest BCUT2D eigenvalue weighted by atomic mass is 9.78. The molecule has 1 aromatic carbocycles. The molecule has 0 bridgehead atoms. The van der Waals surface area contributed by atoms with E-state index in [1.165, 1.54) is 13.8 Å². The first kappa shape index (κ1) is 43.3. The van der Waals surface area contributed by atoms with Crippen molar-refractivity contribution in [2.75, 3.05) is 13.7 Å². The summed E-state index contributed by atoms with van der Waals surface area (Å²) in [7, 11) is -3.38. The molecule has 1 rings (SSSR count). The number of aliphatic hydroxyl groups is 1. The third-order valence-corrected chi connectivity index (χ3v) is 19.0. The summed E-state index contributed by atoms with van der Waals surface area (Å²) >= 11 is 0. The smallest absolute Gasteiger partial charge is 0.302 e. The molecule has 0 aromatic heterocycles. The standard InChI is InChI=1S/C36H66O9Si2/c1-24(22-41-27(4)37)32(44-46(14,15)34(6,7)8)36(12,39)33(45-47(16,17)35(9,10)11)25(2)31(26(3)43-28(5)38)42-23-29-18-20-30(40-13)21-19-29/h18-21,24-26,31-33,39H,22-23H2,1-17H3/t24-,25-,26-,31-,32-,33+,36+/m0/s1. The first-order valence-corrected chi connectivity index (χ1v) is 22.6. The van der Waals surface area contributed by atoms with E-state index in [0.29, 0.717) is 0 Å². The number of hydrogen-bond donors (Lipinski definition) is 1. The summed E-state index contributed by atoms with van der Waals surface area (Å²) in [6, 6.07) is 7.59. The van der Waals surface area contributed by atoms with E-state index >= 15 is 0 Å². The Hall–Kier alpha value is -1.77. The number of benzene rings is 1. The molecule has 0 aliphatic rings. The summed E-state index contributed by atoms with van der Waals surface area (Å²) in [6.45, 7) is 32.1. The first-order valence-electron chi connectivity index (χ1n) is 16.8. The van der Waals surface area contributed by atoms with E-state index in [1.54, 1.807) is 14.0 Å². The van der Waals surface area contributed by atoms with Crippen molar-refractivity contribution < 1.29 is 42.5 Å². The number of methoxy groups -OCH3 is 1. The first-order chi connectivity index (χ1) is 21.2. The van der Waals surface area contributed by atoms with Gasteiger partial charge in [-0.2, -0.15) is 0 Å². The Bertz CT molecular complexity index is 1140. The molecule has 47 heavy (non-hydrogen) atoms. The summed E-state index contributed by atoms with van der Waals surface area (Å²) in [5.74, 6) is -0.928. The second-order valence-corrected chi connectivity index (χ2v) is 25.9. The number of esters is 2.